The van der Waals surface area contributed by atoms with Crippen molar-refractivity contribution < 1.29 is 0 Å². The van der Waals surface area contributed by atoms with Gasteiger partial charge in [0.05, 0.1) is 0 Å². The van der Waals surface area contributed by atoms with Crippen LogP contribution in [0.15, 0.2) is 0 Å². The third kappa shape index (κ3) is 4.17. The van der Waals surface area contributed by atoms with Gasteiger partial charge < -0.3 is 16.0 Å². The summed E-state index contributed by atoms with van der Waals surface area (Å²) in [4.78, 5) is 2.61. The molecule has 0 aromatic rings. The Bertz CT molecular complexity index is 273. The summed E-state index contributed by atoms with van der Waals surface area (Å²) in [6, 6.07) is 0.727. The van der Waals surface area contributed by atoms with E-state index in [1.165, 1.54) is 64.6 Å². The Morgan fingerprint density at radius 1 is 1.00 bits per heavy atom. The van der Waals surface area contributed by atoms with E-state index in [0.29, 0.717) is 0 Å². The first kappa shape index (κ1) is 13.8. The Kier molecular flexibility index (Phi) is 4.78. The van der Waals surface area contributed by atoms with Crippen LogP contribution in [0.5, 0.6) is 0 Å². The van der Waals surface area contributed by atoms with E-state index in [1.54, 1.807) is 0 Å². The Labute approximate surface area is 118 Å². The van der Waals surface area contributed by atoms with Crippen molar-refractivity contribution in [2.24, 2.45) is 23.5 Å². The van der Waals surface area contributed by atoms with Crippen LogP contribution in [-0.2, 0) is 0 Å². The lowest BCUT2D eigenvalue weighted by Gasteiger charge is -2.39. The maximum atomic E-state index is 5.75. The molecule has 3 rings (SSSR count). The summed E-state index contributed by atoms with van der Waals surface area (Å²) in [7, 11) is 0. The van der Waals surface area contributed by atoms with Crippen LogP contribution in [-0.4, -0.2) is 43.7 Å². The summed E-state index contributed by atoms with van der Waals surface area (Å²) < 4.78 is 0. The topological polar surface area (TPSA) is 41.3 Å². The van der Waals surface area contributed by atoms with Gasteiger partial charge in [-0.15, -0.1) is 0 Å². The number of nitrogens with zero attached hydrogens (tertiary/aromatic N) is 1. The molecular formula is C16H31N3. The first-order chi connectivity index (χ1) is 9.33. The van der Waals surface area contributed by atoms with Gasteiger partial charge in [-0.2, -0.15) is 0 Å². The molecule has 1 aliphatic heterocycles. The monoisotopic (exact) mass is 265 g/mol. The zero-order valence-corrected chi connectivity index (χ0v) is 12.3. The van der Waals surface area contributed by atoms with Crippen molar-refractivity contribution >= 4 is 0 Å². The van der Waals surface area contributed by atoms with Crippen LogP contribution in [0.25, 0.3) is 0 Å². The van der Waals surface area contributed by atoms with Crippen LogP contribution in [0.1, 0.15) is 44.9 Å². The van der Waals surface area contributed by atoms with E-state index < -0.39 is 0 Å². The molecule has 2 aliphatic carbocycles. The van der Waals surface area contributed by atoms with E-state index in [2.05, 4.69) is 10.2 Å². The van der Waals surface area contributed by atoms with Gasteiger partial charge in [0.2, 0.25) is 0 Å². The van der Waals surface area contributed by atoms with Crippen molar-refractivity contribution in [1.82, 2.24) is 10.2 Å². The highest BCUT2D eigenvalue weighted by Crippen LogP contribution is 2.37. The van der Waals surface area contributed by atoms with E-state index in [1.807, 2.05) is 0 Å². The van der Waals surface area contributed by atoms with Crippen LogP contribution >= 0.6 is 0 Å². The van der Waals surface area contributed by atoms with Gasteiger partial charge in [-0.1, -0.05) is 19.3 Å². The SMILES string of the molecule is NCCN1CC(CC2CC2)CC(NCC2CCC2)C1. The molecule has 3 N–H and O–H groups in total. The second-order valence-electron chi connectivity index (χ2n) is 7.23. The van der Waals surface area contributed by atoms with Gasteiger partial charge in [0.1, 0.15) is 0 Å². The van der Waals surface area contributed by atoms with Crippen LogP contribution in [0.3, 0.4) is 0 Å². The number of hydrogen-bond acceptors (Lipinski definition) is 3. The lowest BCUT2D eigenvalue weighted by Crippen LogP contribution is -2.51. The largest absolute Gasteiger partial charge is 0.329 e. The minimum atomic E-state index is 0.727. The molecule has 19 heavy (non-hydrogen) atoms. The van der Waals surface area contributed by atoms with Crippen molar-refractivity contribution in [3.8, 4) is 0 Å². The molecule has 110 valence electrons. The third-order valence-corrected chi connectivity index (χ3v) is 5.34. The molecule has 0 amide bonds. The van der Waals surface area contributed by atoms with E-state index in [0.717, 1.165) is 36.9 Å². The van der Waals surface area contributed by atoms with Crippen molar-refractivity contribution in [1.29, 1.82) is 0 Å². The fourth-order valence-electron chi connectivity index (χ4n) is 3.84. The molecule has 0 aromatic heterocycles. The summed E-state index contributed by atoms with van der Waals surface area (Å²) in [5, 5.41) is 3.85. The molecule has 1 saturated heterocycles. The zero-order chi connectivity index (χ0) is 13.1. The third-order valence-electron chi connectivity index (χ3n) is 5.34. The minimum Gasteiger partial charge on any atom is -0.329 e. The molecule has 2 atom stereocenters. The summed E-state index contributed by atoms with van der Waals surface area (Å²) in [5.41, 5.74) is 5.75. The molecule has 3 aliphatic rings. The zero-order valence-electron chi connectivity index (χ0n) is 12.3. The highest BCUT2D eigenvalue weighted by Gasteiger charge is 2.32. The van der Waals surface area contributed by atoms with Crippen LogP contribution in [0, 0.1) is 17.8 Å². The predicted molar refractivity (Wildman–Crippen MR) is 80.1 cm³/mol. The van der Waals surface area contributed by atoms with E-state index in [-0.39, 0.29) is 0 Å². The molecular weight excluding hydrogens is 234 g/mol. The molecule has 0 aromatic carbocycles. The maximum Gasteiger partial charge on any atom is 0.0198 e. The quantitative estimate of drug-likeness (QED) is 0.738. The molecule has 1 heterocycles. The number of nitrogens with one attached hydrogen (secondary N) is 1. The molecule has 2 saturated carbocycles. The van der Waals surface area contributed by atoms with Gasteiger partial charge >= 0.3 is 0 Å². The van der Waals surface area contributed by atoms with Crippen LogP contribution in [0.2, 0.25) is 0 Å². The number of likely N-dealkylation sites (tertiary alicyclic amines) is 1. The highest BCUT2D eigenvalue weighted by atomic mass is 15.2. The van der Waals surface area contributed by atoms with E-state index >= 15 is 0 Å². The fraction of sp³-hybridized carbons (Fsp3) is 1.00. The van der Waals surface area contributed by atoms with Crippen LogP contribution in [0.4, 0.5) is 0 Å². The molecule has 0 bridgehead atoms. The average molecular weight is 265 g/mol. The van der Waals surface area contributed by atoms with E-state index in [4.69, 9.17) is 5.73 Å². The Balaban J connectivity index is 1.45. The molecule has 0 spiro atoms. The van der Waals surface area contributed by atoms with Gasteiger partial charge in [0.15, 0.2) is 0 Å². The fourth-order valence-corrected chi connectivity index (χ4v) is 3.84. The minimum absolute atomic E-state index is 0.727. The van der Waals surface area contributed by atoms with Gasteiger partial charge in [-0.05, 0) is 50.0 Å². The van der Waals surface area contributed by atoms with Gasteiger partial charge in [-0.3, -0.25) is 0 Å². The lowest BCUT2D eigenvalue weighted by molar-refractivity contribution is 0.130. The van der Waals surface area contributed by atoms with Gasteiger partial charge in [-0.25, -0.2) is 0 Å². The Morgan fingerprint density at radius 2 is 1.84 bits per heavy atom. The lowest BCUT2D eigenvalue weighted by atomic mass is 9.84. The number of rotatable bonds is 7. The smallest absolute Gasteiger partial charge is 0.0198 e. The van der Waals surface area contributed by atoms with Crippen molar-refractivity contribution in [3.63, 3.8) is 0 Å². The Morgan fingerprint density at radius 3 is 2.47 bits per heavy atom. The second-order valence-corrected chi connectivity index (χ2v) is 7.23. The van der Waals surface area contributed by atoms with Gasteiger partial charge in [0, 0.05) is 32.2 Å². The molecule has 3 nitrogen and oxygen atoms in total. The predicted octanol–water partition coefficient (Wildman–Crippen LogP) is 1.83. The van der Waals surface area contributed by atoms with Crippen LogP contribution < -0.4 is 11.1 Å². The second kappa shape index (κ2) is 6.55. The highest BCUT2D eigenvalue weighted by molar-refractivity contribution is 4.88. The standard InChI is InChI=1S/C16H31N3/c17-6-7-19-11-15(8-13-4-5-13)9-16(12-19)18-10-14-2-1-3-14/h13-16,18H,1-12,17H2. The number of hydrogen-bond donors (Lipinski definition) is 2. The van der Waals surface area contributed by atoms with Gasteiger partial charge in [0.25, 0.3) is 0 Å². The number of piperidine rings is 1. The van der Waals surface area contributed by atoms with Crippen molar-refractivity contribution in [3.05, 3.63) is 0 Å². The first-order valence-corrected chi connectivity index (χ1v) is 8.49. The summed E-state index contributed by atoms with van der Waals surface area (Å²) in [6.45, 7) is 5.69. The average Bonchev–Trinajstić information content (AvgIpc) is 3.11. The first-order valence-electron chi connectivity index (χ1n) is 8.49. The Hall–Kier alpha value is -0.120. The summed E-state index contributed by atoms with van der Waals surface area (Å²) in [6.07, 6.45) is 10.2. The van der Waals surface area contributed by atoms with E-state index in [9.17, 15) is 0 Å². The molecule has 3 heteroatoms. The molecule has 0 radical (unpaired) electrons. The van der Waals surface area contributed by atoms with Crippen molar-refractivity contribution in [2.45, 2.75) is 51.0 Å². The maximum absolute atomic E-state index is 5.75. The normalized spacial score (nSPS) is 33.3. The molecule has 3 fully saturated rings. The molecule has 2 unspecified atom stereocenters. The number of nitrogens with two attached hydrogens (primary N) is 1. The summed E-state index contributed by atoms with van der Waals surface area (Å²) in [5.74, 6) is 2.97. The summed E-state index contributed by atoms with van der Waals surface area (Å²) >= 11 is 0. The van der Waals surface area contributed by atoms with Crippen molar-refractivity contribution in [2.75, 3.05) is 32.7 Å².